The highest BCUT2D eigenvalue weighted by molar-refractivity contribution is 7.80. The van der Waals surface area contributed by atoms with Gasteiger partial charge in [-0.2, -0.15) is 0 Å². The molecule has 0 bridgehead atoms. The number of benzene rings is 1. The highest BCUT2D eigenvalue weighted by atomic mass is 32.1. The van der Waals surface area contributed by atoms with Gasteiger partial charge in [0.1, 0.15) is 10.7 Å². The minimum Gasteiger partial charge on any atom is -0.467 e. The summed E-state index contributed by atoms with van der Waals surface area (Å²) < 4.78 is 5.15. The van der Waals surface area contributed by atoms with Gasteiger partial charge in [-0.3, -0.25) is 10.1 Å². The Morgan fingerprint density at radius 2 is 2.22 bits per heavy atom. The second kappa shape index (κ2) is 5.42. The molecule has 18 heavy (non-hydrogen) atoms. The van der Waals surface area contributed by atoms with Crippen LogP contribution in [0.5, 0.6) is 0 Å². The van der Waals surface area contributed by atoms with Gasteiger partial charge in [0.15, 0.2) is 0 Å². The van der Waals surface area contributed by atoms with Gasteiger partial charge in [0.05, 0.1) is 17.7 Å². The number of hydrogen-bond acceptors (Lipinski definition) is 4. The molecule has 0 aliphatic rings. The lowest BCUT2D eigenvalue weighted by Gasteiger charge is -2.06. The van der Waals surface area contributed by atoms with E-state index in [2.05, 4.69) is 5.32 Å². The third-order valence-electron chi connectivity index (χ3n) is 2.32. The molecule has 92 valence electrons. The van der Waals surface area contributed by atoms with Crippen LogP contribution < -0.4 is 5.32 Å². The van der Waals surface area contributed by atoms with Crippen LogP contribution in [0.4, 0.5) is 5.69 Å². The lowest BCUT2D eigenvalue weighted by molar-refractivity contribution is -0.384. The Morgan fingerprint density at radius 1 is 1.39 bits per heavy atom. The van der Waals surface area contributed by atoms with Gasteiger partial charge in [0.25, 0.3) is 5.69 Å². The summed E-state index contributed by atoms with van der Waals surface area (Å²) in [5, 5.41) is 13.6. The number of non-ortho nitro benzene ring substituents is 1. The van der Waals surface area contributed by atoms with E-state index in [0.29, 0.717) is 17.1 Å². The second-order valence-electron chi connectivity index (χ2n) is 3.57. The minimum atomic E-state index is -0.446. The summed E-state index contributed by atoms with van der Waals surface area (Å²) in [6, 6.07) is 9.81. The molecule has 0 aliphatic heterocycles. The Hall–Kier alpha value is -2.21. The quantitative estimate of drug-likeness (QED) is 0.521. The van der Waals surface area contributed by atoms with Crippen molar-refractivity contribution < 1.29 is 9.34 Å². The fourth-order valence-electron chi connectivity index (χ4n) is 1.44. The number of nitro benzene ring substituents is 1. The maximum atomic E-state index is 10.6. The number of furan rings is 1. The molecule has 6 heteroatoms. The van der Waals surface area contributed by atoms with Crippen molar-refractivity contribution in [2.24, 2.45) is 0 Å². The number of hydrogen-bond donors (Lipinski definition) is 1. The van der Waals surface area contributed by atoms with E-state index in [-0.39, 0.29) is 5.69 Å². The van der Waals surface area contributed by atoms with Crippen molar-refractivity contribution >= 4 is 22.9 Å². The molecule has 2 aromatic rings. The van der Waals surface area contributed by atoms with Crippen LogP contribution in [0.2, 0.25) is 0 Å². The molecular formula is C12H10N2O3S. The highest BCUT2D eigenvalue weighted by Crippen LogP contribution is 2.13. The maximum absolute atomic E-state index is 10.6. The van der Waals surface area contributed by atoms with Gasteiger partial charge in [-0.25, -0.2) is 0 Å². The third kappa shape index (κ3) is 2.92. The summed E-state index contributed by atoms with van der Waals surface area (Å²) >= 11 is 5.16. The van der Waals surface area contributed by atoms with Crippen LogP contribution in [0.3, 0.4) is 0 Å². The molecule has 0 radical (unpaired) electrons. The number of thiocarbonyl (C=S) groups is 1. The monoisotopic (exact) mass is 262 g/mol. The van der Waals surface area contributed by atoms with Crippen LogP contribution >= 0.6 is 12.2 Å². The van der Waals surface area contributed by atoms with E-state index in [1.54, 1.807) is 24.5 Å². The predicted molar refractivity (Wildman–Crippen MR) is 70.3 cm³/mol. The van der Waals surface area contributed by atoms with E-state index in [9.17, 15) is 10.1 Å². The summed E-state index contributed by atoms with van der Waals surface area (Å²) in [7, 11) is 0. The van der Waals surface area contributed by atoms with Crippen molar-refractivity contribution in [1.82, 2.24) is 5.32 Å². The molecule has 1 aromatic heterocycles. The van der Waals surface area contributed by atoms with Crippen LogP contribution in [0.25, 0.3) is 0 Å². The fraction of sp³-hybridized carbons (Fsp3) is 0.0833. The number of rotatable bonds is 4. The molecule has 0 amide bonds. The number of nitro groups is 1. The molecular weight excluding hydrogens is 252 g/mol. The summed E-state index contributed by atoms with van der Waals surface area (Å²) in [6.07, 6.45) is 1.58. The standard InChI is InChI=1S/C12H10N2O3S/c15-14(16)10-4-1-3-9(7-10)12(18)13-8-11-5-2-6-17-11/h1-7H,8H2,(H,13,18). The lowest BCUT2D eigenvalue weighted by atomic mass is 10.2. The topological polar surface area (TPSA) is 68.3 Å². The first-order chi connectivity index (χ1) is 8.66. The van der Waals surface area contributed by atoms with Crippen LogP contribution in [-0.4, -0.2) is 9.91 Å². The molecule has 0 aliphatic carbocycles. The zero-order valence-corrected chi connectivity index (χ0v) is 10.1. The third-order valence-corrected chi connectivity index (χ3v) is 2.70. The SMILES string of the molecule is O=[N+]([O-])c1cccc(C(=S)NCc2ccco2)c1. The molecule has 2 rings (SSSR count). The first-order valence-electron chi connectivity index (χ1n) is 5.22. The van der Waals surface area contributed by atoms with Crippen LogP contribution in [0.15, 0.2) is 47.1 Å². The van der Waals surface area contributed by atoms with Crippen molar-refractivity contribution in [3.63, 3.8) is 0 Å². The first kappa shape index (κ1) is 12.3. The summed E-state index contributed by atoms with van der Waals surface area (Å²) in [5.74, 6) is 0.753. The van der Waals surface area contributed by atoms with Gasteiger partial charge in [0, 0.05) is 17.7 Å². The molecule has 0 atom stereocenters. The Bertz CT molecular complexity index is 566. The van der Waals surface area contributed by atoms with Gasteiger partial charge < -0.3 is 9.73 Å². The number of nitrogens with zero attached hydrogens (tertiary/aromatic N) is 1. The van der Waals surface area contributed by atoms with E-state index < -0.39 is 4.92 Å². The average molecular weight is 262 g/mol. The zero-order valence-electron chi connectivity index (χ0n) is 9.33. The van der Waals surface area contributed by atoms with Gasteiger partial charge >= 0.3 is 0 Å². The molecule has 5 nitrogen and oxygen atoms in total. The minimum absolute atomic E-state index is 0.0228. The first-order valence-corrected chi connectivity index (χ1v) is 5.62. The van der Waals surface area contributed by atoms with Crippen molar-refractivity contribution in [1.29, 1.82) is 0 Å². The summed E-state index contributed by atoms with van der Waals surface area (Å²) in [5.41, 5.74) is 0.639. The molecule has 1 heterocycles. The van der Waals surface area contributed by atoms with Crippen molar-refractivity contribution in [2.75, 3.05) is 0 Å². The fourth-order valence-corrected chi connectivity index (χ4v) is 1.64. The van der Waals surface area contributed by atoms with Gasteiger partial charge in [-0.15, -0.1) is 0 Å². The number of nitrogens with one attached hydrogen (secondary N) is 1. The Kier molecular flexibility index (Phi) is 3.69. The van der Waals surface area contributed by atoms with E-state index >= 15 is 0 Å². The summed E-state index contributed by atoms with van der Waals surface area (Å²) in [4.78, 5) is 10.7. The zero-order chi connectivity index (χ0) is 13.0. The maximum Gasteiger partial charge on any atom is 0.270 e. The second-order valence-corrected chi connectivity index (χ2v) is 3.98. The van der Waals surface area contributed by atoms with E-state index in [1.807, 2.05) is 6.07 Å². The Balaban J connectivity index is 2.04. The predicted octanol–water partition coefficient (Wildman–Crippen LogP) is 2.65. The van der Waals surface area contributed by atoms with Crippen LogP contribution in [-0.2, 0) is 6.54 Å². The van der Waals surface area contributed by atoms with E-state index in [1.165, 1.54) is 12.1 Å². The smallest absolute Gasteiger partial charge is 0.270 e. The van der Waals surface area contributed by atoms with E-state index in [4.69, 9.17) is 16.6 Å². The molecule has 1 N–H and O–H groups in total. The van der Waals surface area contributed by atoms with Crippen molar-refractivity contribution in [3.8, 4) is 0 Å². The van der Waals surface area contributed by atoms with Gasteiger partial charge in [-0.1, -0.05) is 24.4 Å². The van der Waals surface area contributed by atoms with Crippen LogP contribution in [0, 0.1) is 10.1 Å². The molecule has 0 saturated heterocycles. The summed E-state index contributed by atoms with van der Waals surface area (Å²) in [6.45, 7) is 0.453. The largest absolute Gasteiger partial charge is 0.467 e. The van der Waals surface area contributed by atoms with E-state index in [0.717, 1.165) is 5.76 Å². The molecule has 1 aromatic carbocycles. The lowest BCUT2D eigenvalue weighted by Crippen LogP contribution is -2.21. The Labute approximate surface area is 109 Å². The molecule has 0 saturated carbocycles. The molecule has 0 unspecified atom stereocenters. The average Bonchev–Trinajstić information content (AvgIpc) is 2.89. The van der Waals surface area contributed by atoms with Gasteiger partial charge in [0.2, 0.25) is 0 Å². The normalized spacial score (nSPS) is 10.0. The highest BCUT2D eigenvalue weighted by Gasteiger charge is 2.08. The Morgan fingerprint density at radius 3 is 2.89 bits per heavy atom. The van der Waals surface area contributed by atoms with Crippen molar-refractivity contribution in [2.45, 2.75) is 6.54 Å². The van der Waals surface area contributed by atoms with Gasteiger partial charge in [-0.05, 0) is 12.1 Å². The molecule has 0 fully saturated rings. The van der Waals surface area contributed by atoms with Crippen molar-refractivity contribution in [3.05, 3.63) is 64.1 Å². The van der Waals surface area contributed by atoms with Crippen LogP contribution in [0.1, 0.15) is 11.3 Å². The molecule has 0 spiro atoms.